The van der Waals surface area contributed by atoms with Crippen molar-refractivity contribution < 1.29 is 23.8 Å². The molecule has 104 valence electrons. The van der Waals surface area contributed by atoms with Crippen molar-refractivity contribution in [2.45, 2.75) is 0 Å². The van der Waals surface area contributed by atoms with Crippen LogP contribution in [-0.2, 0) is 0 Å². The zero-order valence-corrected chi connectivity index (χ0v) is 11.1. The summed E-state index contributed by atoms with van der Waals surface area (Å²) in [4.78, 5) is 11.1. The van der Waals surface area contributed by atoms with Crippen LogP contribution in [0.2, 0.25) is 5.02 Å². The molecule has 4 nitrogen and oxygen atoms in total. The lowest BCUT2D eigenvalue weighted by atomic mass is 10.2. The lowest BCUT2D eigenvalue weighted by Gasteiger charge is -2.10. The Labute approximate surface area is 119 Å². The summed E-state index contributed by atoms with van der Waals surface area (Å²) >= 11 is 5.57. The largest absolute Gasteiger partial charge is 0.497 e. The van der Waals surface area contributed by atoms with Crippen molar-refractivity contribution in [1.29, 1.82) is 0 Å². The second-order valence-electron chi connectivity index (χ2n) is 3.85. The van der Waals surface area contributed by atoms with Gasteiger partial charge in [-0.2, -0.15) is 0 Å². The van der Waals surface area contributed by atoms with Gasteiger partial charge in [-0.15, -0.1) is 0 Å². The van der Waals surface area contributed by atoms with Crippen LogP contribution in [0.15, 0.2) is 36.4 Å². The van der Waals surface area contributed by atoms with Gasteiger partial charge >= 0.3 is 5.97 Å². The summed E-state index contributed by atoms with van der Waals surface area (Å²) in [6.45, 7) is 0. The van der Waals surface area contributed by atoms with E-state index in [1.165, 1.54) is 37.4 Å². The Kier molecular flexibility index (Phi) is 4.10. The fourth-order valence-electron chi connectivity index (χ4n) is 1.56. The predicted octanol–water partition coefficient (Wildman–Crippen LogP) is 3.98. The zero-order chi connectivity index (χ0) is 14.7. The third-order valence-electron chi connectivity index (χ3n) is 2.54. The molecule has 0 amide bonds. The first-order valence-corrected chi connectivity index (χ1v) is 5.93. The second kappa shape index (κ2) is 5.79. The van der Waals surface area contributed by atoms with Crippen LogP contribution in [0.4, 0.5) is 4.39 Å². The van der Waals surface area contributed by atoms with Crippen LogP contribution in [0, 0.1) is 5.82 Å². The molecule has 0 saturated carbocycles. The summed E-state index contributed by atoms with van der Waals surface area (Å²) in [5.41, 5.74) is -0.0545. The van der Waals surface area contributed by atoms with Crippen molar-refractivity contribution in [3.05, 3.63) is 52.8 Å². The van der Waals surface area contributed by atoms with Gasteiger partial charge in [-0.05, 0) is 24.3 Å². The van der Waals surface area contributed by atoms with E-state index < -0.39 is 11.8 Å². The maximum absolute atomic E-state index is 13.3. The van der Waals surface area contributed by atoms with Crippen LogP contribution in [-0.4, -0.2) is 18.2 Å². The maximum atomic E-state index is 13.3. The highest BCUT2D eigenvalue weighted by molar-refractivity contribution is 6.30. The van der Waals surface area contributed by atoms with Gasteiger partial charge in [0.15, 0.2) is 0 Å². The van der Waals surface area contributed by atoms with Crippen LogP contribution in [0.25, 0.3) is 0 Å². The standard InChI is InChI=1S/C14H10ClFO4/c1-19-8-2-4-10(14(17)18)13(7-8)20-9-3-5-11(15)12(16)6-9/h2-7H,1H3,(H,17,18). The number of methoxy groups -OCH3 is 1. The average Bonchev–Trinajstić information content (AvgIpc) is 2.42. The molecule has 0 saturated heterocycles. The summed E-state index contributed by atoms with van der Waals surface area (Å²) in [7, 11) is 1.45. The highest BCUT2D eigenvalue weighted by Crippen LogP contribution is 2.31. The van der Waals surface area contributed by atoms with E-state index in [0.717, 1.165) is 6.07 Å². The smallest absolute Gasteiger partial charge is 0.339 e. The quantitative estimate of drug-likeness (QED) is 0.927. The Morgan fingerprint density at radius 3 is 2.50 bits per heavy atom. The highest BCUT2D eigenvalue weighted by atomic mass is 35.5. The molecule has 2 rings (SSSR count). The number of carboxylic acid groups (broad SMARTS) is 1. The van der Waals surface area contributed by atoms with Crippen molar-refractivity contribution in [3.63, 3.8) is 0 Å². The summed E-state index contributed by atoms with van der Waals surface area (Å²) in [6, 6.07) is 8.11. The maximum Gasteiger partial charge on any atom is 0.339 e. The number of hydrogen-bond donors (Lipinski definition) is 1. The van der Waals surface area contributed by atoms with Crippen LogP contribution in [0.5, 0.6) is 17.2 Å². The first-order valence-electron chi connectivity index (χ1n) is 5.55. The van der Waals surface area contributed by atoms with Crippen molar-refractivity contribution >= 4 is 17.6 Å². The molecule has 0 aliphatic heterocycles. The van der Waals surface area contributed by atoms with Crippen molar-refractivity contribution in [1.82, 2.24) is 0 Å². The summed E-state index contributed by atoms with van der Waals surface area (Å²) in [6.07, 6.45) is 0. The molecular weight excluding hydrogens is 287 g/mol. The monoisotopic (exact) mass is 296 g/mol. The molecule has 0 heterocycles. The first kappa shape index (κ1) is 14.1. The van der Waals surface area contributed by atoms with Gasteiger partial charge in [0, 0.05) is 12.1 Å². The first-order chi connectivity index (χ1) is 9.51. The number of aromatic carboxylic acids is 1. The molecule has 0 aliphatic rings. The number of hydrogen-bond acceptors (Lipinski definition) is 3. The molecule has 0 radical (unpaired) electrons. The fourth-order valence-corrected chi connectivity index (χ4v) is 1.68. The highest BCUT2D eigenvalue weighted by Gasteiger charge is 2.14. The normalized spacial score (nSPS) is 10.2. The number of ether oxygens (including phenoxy) is 2. The van der Waals surface area contributed by atoms with Gasteiger partial charge in [0.25, 0.3) is 0 Å². The van der Waals surface area contributed by atoms with Crippen LogP contribution in [0.3, 0.4) is 0 Å². The van der Waals surface area contributed by atoms with Gasteiger partial charge in [0.1, 0.15) is 28.6 Å². The minimum Gasteiger partial charge on any atom is -0.497 e. The molecule has 0 unspecified atom stereocenters. The molecule has 1 N–H and O–H groups in total. The topological polar surface area (TPSA) is 55.8 Å². The van der Waals surface area contributed by atoms with E-state index in [9.17, 15) is 9.18 Å². The predicted molar refractivity (Wildman–Crippen MR) is 71.4 cm³/mol. The number of rotatable bonds is 4. The third-order valence-corrected chi connectivity index (χ3v) is 2.84. The molecule has 20 heavy (non-hydrogen) atoms. The second-order valence-corrected chi connectivity index (χ2v) is 4.25. The average molecular weight is 297 g/mol. The van der Waals surface area contributed by atoms with Crippen LogP contribution < -0.4 is 9.47 Å². The van der Waals surface area contributed by atoms with Gasteiger partial charge in [0.05, 0.1) is 12.1 Å². The van der Waals surface area contributed by atoms with Crippen molar-refractivity contribution in [3.8, 4) is 17.2 Å². The Morgan fingerprint density at radius 2 is 1.90 bits per heavy atom. The van der Waals surface area contributed by atoms with Gasteiger partial charge in [-0.1, -0.05) is 11.6 Å². The molecule has 0 aromatic heterocycles. The molecule has 0 spiro atoms. The minimum absolute atomic E-state index is 0.0403. The van der Waals surface area contributed by atoms with Crippen molar-refractivity contribution in [2.75, 3.05) is 7.11 Å². The lowest BCUT2D eigenvalue weighted by molar-refractivity contribution is 0.0694. The van der Waals surface area contributed by atoms with E-state index in [4.69, 9.17) is 26.2 Å². The van der Waals surface area contributed by atoms with Gasteiger partial charge < -0.3 is 14.6 Å². The van der Waals surface area contributed by atoms with E-state index in [2.05, 4.69) is 0 Å². The van der Waals surface area contributed by atoms with Crippen LogP contribution >= 0.6 is 11.6 Å². The Morgan fingerprint density at radius 1 is 1.20 bits per heavy atom. The Bertz CT molecular complexity index is 658. The molecule has 0 aliphatic carbocycles. The van der Waals surface area contributed by atoms with Crippen molar-refractivity contribution in [2.24, 2.45) is 0 Å². The van der Waals surface area contributed by atoms with E-state index >= 15 is 0 Å². The van der Waals surface area contributed by atoms with Gasteiger partial charge in [0.2, 0.25) is 0 Å². The molecular formula is C14H10ClFO4. The van der Waals surface area contributed by atoms with E-state index in [1.807, 2.05) is 0 Å². The van der Waals surface area contributed by atoms with E-state index in [-0.39, 0.29) is 22.1 Å². The summed E-state index contributed by atoms with van der Waals surface area (Å²) < 4.78 is 23.7. The van der Waals surface area contributed by atoms with Crippen LogP contribution in [0.1, 0.15) is 10.4 Å². The molecule has 0 bridgehead atoms. The number of halogens is 2. The summed E-state index contributed by atoms with van der Waals surface area (Å²) in [5, 5.41) is 9.05. The Balaban J connectivity index is 2.40. The zero-order valence-electron chi connectivity index (χ0n) is 10.4. The minimum atomic E-state index is -1.16. The summed E-state index contributed by atoms with van der Waals surface area (Å²) in [5.74, 6) is -1.18. The number of carboxylic acids is 1. The third kappa shape index (κ3) is 3.00. The van der Waals surface area contributed by atoms with E-state index in [1.54, 1.807) is 0 Å². The van der Waals surface area contributed by atoms with E-state index in [0.29, 0.717) is 5.75 Å². The molecule has 0 atom stereocenters. The lowest BCUT2D eigenvalue weighted by Crippen LogP contribution is -2.00. The molecule has 6 heteroatoms. The van der Waals surface area contributed by atoms with Gasteiger partial charge in [-0.25, -0.2) is 9.18 Å². The SMILES string of the molecule is COc1ccc(C(=O)O)c(Oc2ccc(Cl)c(F)c2)c1. The number of benzene rings is 2. The van der Waals surface area contributed by atoms with Gasteiger partial charge in [-0.3, -0.25) is 0 Å². The molecule has 0 fully saturated rings. The fraction of sp³-hybridized carbons (Fsp3) is 0.0714. The number of carbonyl (C=O) groups is 1. The molecule has 2 aromatic carbocycles. The Hall–Kier alpha value is -2.27. The molecule has 2 aromatic rings.